The van der Waals surface area contributed by atoms with Gasteiger partial charge < -0.3 is 15.0 Å². The maximum absolute atomic E-state index is 11.8. The number of rotatable bonds is 5. The van der Waals surface area contributed by atoms with Crippen LogP contribution in [0.15, 0.2) is 24.5 Å². The second-order valence-electron chi connectivity index (χ2n) is 6.82. The number of hydrogen-bond donors (Lipinski definition) is 1. The molecule has 1 aliphatic rings. The van der Waals surface area contributed by atoms with E-state index in [4.69, 9.17) is 4.74 Å². The average Bonchev–Trinajstić information content (AvgIpc) is 3.08. The molecule has 0 amide bonds. The van der Waals surface area contributed by atoms with E-state index in [-0.39, 0.29) is 11.5 Å². The first kappa shape index (κ1) is 18.4. The molecule has 1 N–H and O–H groups in total. The first-order chi connectivity index (χ1) is 13.5. The maximum atomic E-state index is 11.8. The molecule has 28 heavy (non-hydrogen) atoms. The standard InChI is InChI=1S/C18H20N6O3S/c1-11-4-3-7-23(9-11)17-15(24(25)26)16(19-10-20-17)22-18-21-13-6-5-12(27-2)8-14(13)28-18/h5-6,8,10-11H,3-4,7,9H2,1-2H3,(H,19,20,21,22). The van der Waals surface area contributed by atoms with Gasteiger partial charge >= 0.3 is 5.69 Å². The molecule has 0 saturated carbocycles. The quantitative estimate of drug-likeness (QED) is 0.506. The number of anilines is 3. The summed E-state index contributed by atoms with van der Waals surface area (Å²) in [4.78, 5) is 26.2. The van der Waals surface area contributed by atoms with E-state index in [1.807, 2.05) is 23.1 Å². The fraction of sp³-hybridized carbons (Fsp3) is 0.389. The summed E-state index contributed by atoms with van der Waals surface area (Å²) in [5.41, 5.74) is 0.670. The normalized spacial score (nSPS) is 16.9. The first-order valence-corrected chi connectivity index (χ1v) is 9.82. The SMILES string of the molecule is COc1ccc2nc(Nc3ncnc(N4CCCC(C)C4)c3[N+](=O)[O-])sc2c1. The van der Waals surface area contributed by atoms with Crippen molar-refractivity contribution in [3.05, 3.63) is 34.6 Å². The van der Waals surface area contributed by atoms with Crippen molar-refractivity contribution in [1.82, 2.24) is 15.0 Å². The van der Waals surface area contributed by atoms with Crippen LogP contribution in [0.4, 0.5) is 22.5 Å². The molecular formula is C18H20N6O3S. The summed E-state index contributed by atoms with van der Waals surface area (Å²) >= 11 is 1.39. The van der Waals surface area contributed by atoms with Crippen molar-refractivity contribution in [3.63, 3.8) is 0 Å². The lowest BCUT2D eigenvalue weighted by Crippen LogP contribution is -2.35. The highest BCUT2D eigenvalue weighted by Crippen LogP contribution is 2.37. The fourth-order valence-electron chi connectivity index (χ4n) is 3.43. The zero-order valence-corrected chi connectivity index (χ0v) is 16.4. The highest BCUT2D eigenvalue weighted by molar-refractivity contribution is 7.22. The van der Waals surface area contributed by atoms with E-state index in [0.29, 0.717) is 16.9 Å². The largest absolute Gasteiger partial charge is 0.497 e. The van der Waals surface area contributed by atoms with Crippen LogP contribution in [-0.2, 0) is 0 Å². The third kappa shape index (κ3) is 3.55. The molecule has 10 heteroatoms. The van der Waals surface area contributed by atoms with Gasteiger partial charge in [-0.1, -0.05) is 18.3 Å². The number of nitro groups is 1. The van der Waals surface area contributed by atoms with Crippen molar-refractivity contribution in [1.29, 1.82) is 0 Å². The smallest absolute Gasteiger partial charge is 0.353 e. The monoisotopic (exact) mass is 400 g/mol. The predicted molar refractivity (Wildman–Crippen MR) is 109 cm³/mol. The lowest BCUT2D eigenvalue weighted by atomic mass is 10.0. The van der Waals surface area contributed by atoms with Gasteiger partial charge in [0.1, 0.15) is 12.1 Å². The molecule has 146 valence electrons. The van der Waals surface area contributed by atoms with Crippen LogP contribution in [0, 0.1) is 16.0 Å². The number of ether oxygens (including phenoxy) is 1. The number of aromatic nitrogens is 3. The molecule has 0 spiro atoms. The number of nitrogens with one attached hydrogen (secondary N) is 1. The predicted octanol–water partition coefficient (Wildman–Crippen LogP) is 3.98. The van der Waals surface area contributed by atoms with E-state index in [1.54, 1.807) is 7.11 Å². The summed E-state index contributed by atoms with van der Waals surface area (Å²) in [5.74, 6) is 1.72. The average molecular weight is 400 g/mol. The van der Waals surface area contributed by atoms with Gasteiger partial charge in [0.05, 0.1) is 22.2 Å². The van der Waals surface area contributed by atoms with E-state index in [0.717, 1.165) is 41.9 Å². The lowest BCUT2D eigenvalue weighted by Gasteiger charge is -2.31. The van der Waals surface area contributed by atoms with E-state index in [9.17, 15) is 10.1 Å². The molecule has 3 heterocycles. The van der Waals surface area contributed by atoms with Crippen LogP contribution < -0.4 is 15.0 Å². The van der Waals surface area contributed by atoms with Gasteiger partial charge in [0.25, 0.3) is 0 Å². The molecule has 1 unspecified atom stereocenters. The Kier molecular flexibility index (Phi) is 4.95. The molecule has 0 radical (unpaired) electrons. The van der Waals surface area contributed by atoms with Gasteiger partial charge in [0, 0.05) is 13.1 Å². The summed E-state index contributed by atoms with van der Waals surface area (Å²) in [7, 11) is 1.61. The van der Waals surface area contributed by atoms with E-state index in [2.05, 4.69) is 27.2 Å². The molecule has 4 rings (SSSR count). The minimum absolute atomic E-state index is 0.117. The van der Waals surface area contributed by atoms with Crippen molar-refractivity contribution in [2.45, 2.75) is 19.8 Å². The molecule has 3 aromatic rings. The van der Waals surface area contributed by atoms with Crippen molar-refractivity contribution in [2.24, 2.45) is 5.92 Å². The molecule has 0 aliphatic carbocycles. The maximum Gasteiger partial charge on any atom is 0.353 e. The van der Waals surface area contributed by atoms with Gasteiger partial charge in [0.15, 0.2) is 5.13 Å². The fourth-order valence-corrected chi connectivity index (χ4v) is 4.32. The van der Waals surface area contributed by atoms with Crippen LogP contribution in [0.3, 0.4) is 0 Å². The van der Waals surface area contributed by atoms with Crippen LogP contribution in [0.1, 0.15) is 19.8 Å². The van der Waals surface area contributed by atoms with Crippen LogP contribution in [0.5, 0.6) is 5.75 Å². The summed E-state index contributed by atoms with van der Waals surface area (Å²) in [6.45, 7) is 3.65. The number of hydrogen-bond acceptors (Lipinski definition) is 9. The number of fused-ring (bicyclic) bond motifs is 1. The van der Waals surface area contributed by atoms with Crippen LogP contribution in [0.25, 0.3) is 10.2 Å². The summed E-state index contributed by atoms with van der Waals surface area (Å²) in [6.07, 6.45) is 3.47. The molecule has 9 nitrogen and oxygen atoms in total. The Bertz CT molecular complexity index is 1020. The molecular weight excluding hydrogens is 380 g/mol. The second kappa shape index (κ2) is 7.55. The highest BCUT2D eigenvalue weighted by atomic mass is 32.1. The Morgan fingerprint density at radius 1 is 1.39 bits per heavy atom. The van der Waals surface area contributed by atoms with Gasteiger partial charge in [-0.3, -0.25) is 10.1 Å². The van der Waals surface area contributed by atoms with Gasteiger partial charge in [-0.25, -0.2) is 15.0 Å². The van der Waals surface area contributed by atoms with Gasteiger partial charge in [0.2, 0.25) is 11.6 Å². The zero-order chi connectivity index (χ0) is 19.7. The number of nitrogens with zero attached hydrogens (tertiary/aromatic N) is 5. The molecule has 1 saturated heterocycles. The molecule has 1 fully saturated rings. The number of benzene rings is 1. The van der Waals surface area contributed by atoms with Crippen molar-refractivity contribution < 1.29 is 9.66 Å². The van der Waals surface area contributed by atoms with Crippen molar-refractivity contribution >= 4 is 44.0 Å². The van der Waals surface area contributed by atoms with Crippen LogP contribution >= 0.6 is 11.3 Å². The minimum atomic E-state index is -0.423. The summed E-state index contributed by atoms with van der Waals surface area (Å²) < 4.78 is 6.16. The molecule has 2 aromatic heterocycles. The molecule has 1 aliphatic heterocycles. The van der Waals surface area contributed by atoms with Crippen LogP contribution in [-0.4, -0.2) is 40.1 Å². The summed E-state index contributed by atoms with van der Waals surface area (Å²) in [6, 6.07) is 5.56. The third-order valence-corrected chi connectivity index (χ3v) is 5.70. The Balaban J connectivity index is 1.69. The first-order valence-electron chi connectivity index (χ1n) is 9.01. The Morgan fingerprint density at radius 2 is 2.25 bits per heavy atom. The Labute approximate surface area is 165 Å². The highest BCUT2D eigenvalue weighted by Gasteiger charge is 2.29. The van der Waals surface area contributed by atoms with Crippen molar-refractivity contribution in [2.75, 3.05) is 30.4 Å². The lowest BCUT2D eigenvalue weighted by molar-refractivity contribution is -0.383. The molecule has 0 bridgehead atoms. The van der Waals surface area contributed by atoms with E-state index >= 15 is 0 Å². The number of methoxy groups -OCH3 is 1. The number of piperidine rings is 1. The third-order valence-electron chi connectivity index (χ3n) is 4.76. The second-order valence-corrected chi connectivity index (χ2v) is 7.85. The Hall–Kier alpha value is -3.01. The van der Waals surface area contributed by atoms with Crippen molar-refractivity contribution in [3.8, 4) is 5.75 Å². The molecule has 1 aromatic carbocycles. The van der Waals surface area contributed by atoms with Gasteiger partial charge in [-0.15, -0.1) is 0 Å². The van der Waals surface area contributed by atoms with Crippen LogP contribution in [0.2, 0.25) is 0 Å². The summed E-state index contributed by atoms with van der Waals surface area (Å²) in [5, 5.41) is 15.4. The van der Waals surface area contributed by atoms with Gasteiger partial charge in [-0.05, 0) is 37.0 Å². The number of thiazole rings is 1. The Morgan fingerprint density at radius 3 is 3.00 bits per heavy atom. The zero-order valence-electron chi connectivity index (χ0n) is 15.6. The van der Waals surface area contributed by atoms with E-state index in [1.165, 1.54) is 17.7 Å². The molecule has 1 atom stereocenters. The van der Waals surface area contributed by atoms with E-state index < -0.39 is 4.92 Å². The topological polar surface area (TPSA) is 106 Å². The van der Waals surface area contributed by atoms with Gasteiger partial charge in [-0.2, -0.15) is 0 Å². The minimum Gasteiger partial charge on any atom is -0.497 e.